The summed E-state index contributed by atoms with van der Waals surface area (Å²) in [5.74, 6) is 0. The third kappa shape index (κ3) is 5.65. The topological polar surface area (TPSA) is 41.7 Å². The van der Waals surface area contributed by atoms with Gasteiger partial charge in [-0.3, -0.25) is 9.80 Å². The number of nitrogens with two attached hydrogens (primary N) is 1. The molecule has 18 heavy (non-hydrogen) atoms. The minimum atomic E-state index is -0.0192. The highest BCUT2D eigenvalue weighted by Gasteiger charge is 2.21. The van der Waals surface area contributed by atoms with Gasteiger partial charge in [-0.25, -0.2) is 0 Å². The quantitative estimate of drug-likeness (QED) is 0.775. The Kier molecular flexibility index (Phi) is 6.57. The highest BCUT2D eigenvalue weighted by molar-refractivity contribution is 4.78. The highest BCUT2D eigenvalue weighted by atomic mass is 16.5. The number of hydrogen-bond donors (Lipinski definition) is 1. The zero-order chi connectivity index (χ0) is 13.6. The molecule has 0 aromatic rings. The van der Waals surface area contributed by atoms with Crippen LogP contribution in [-0.2, 0) is 4.74 Å². The largest absolute Gasteiger partial charge is 0.375 e. The molecule has 0 spiro atoms. The Hall–Kier alpha value is -0.160. The van der Waals surface area contributed by atoms with Gasteiger partial charge in [-0.1, -0.05) is 6.92 Å². The summed E-state index contributed by atoms with van der Waals surface area (Å²) in [6, 6.07) is 0.568. The zero-order valence-electron chi connectivity index (χ0n) is 12.6. The molecule has 4 heteroatoms. The van der Waals surface area contributed by atoms with E-state index in [-0.39, 0.29) is 5.60 Å². The van der Waals surface area contributed by atoms with Crippen molar-refractivity contribution in [2.24, 2.45) is 5.73 Å². The van der Waals surface area contributed by atoms with E-state index in [9.17, 15) is 0 Å². The lowest BCUT2D eigenvalue weighted by Gasteiger charge is -2.38. The molecule has 0 aromatic heterocycles. The molecule has 4 nitrogen and oxygen atoms in total. The first-order chi connectivity index (χ1) is 8.46. The Bertz CT molecular complexity index is 216. The van der Waals surface area contributed by atoms with Crippen LogP contribution in [0, 0.1) is 0 Å². The Balaban J connectivity index is 2.19. The normalized spacial score (nSPS) is 21.2. The molecule has 0 saturated carbocycles. The molecule has 108 valence electrons. The summed E-state index contributed by atoms with van der Waals surface area (Å²) in [6.45, 7) is 15.8. The van der Waals surface area contributed by atoms with Gasteiger partial charge >= 0.3 is 0 Å². The van der Waals surface area contributed by atoms with Crippen molar-refractivity contribution >= 4 is 0 Å². The standard InChI is InChI=1S/C14H31N3O/c1-5-13(12-15)17-8-6-16(7-9-17)10-11-18-14(2,3)4/h13H,5-12,15H2,1-4H3. The van der Waals surface area contributed by atoms with Crippen LogP contribution in [0.2, 0.25) is 0 Å². The molecule has 0 aromatic carbocycles. The molecule has 1 aliphatic heterocycles. The lowest BCUT2D eigenvalue weighted by atomic mass is 10.1. The van der Waals surface area contributed by atoms with E-state index in [0.717, 1.165) is 52.3 Å². The van der Waals surface area contributed by atoms with Crippen LogP contribution < -0.4 is 5.73 Å². The third-order valence-electron chi connectivity index (χ3n) is 3.61. The van der Waals surface area contributed by atoms with E-state index in [1.807, 2.05) is 0 Å². The number of hydrogen-bond acceptors (Lipinski definition) is 4. The second kappa shape index (κ2) is 7.43. The summed E-state index contributed by atoms with van der Waals surface area (Å²) < 4.78 is 5.77. The third-order valence-corrected chi connectivity index (χ3v) is 3.61. The zero-order valence-corrected chi connectivity index (χ0v) is 12.6. The number of rotatable bonds is 6. The van der Waals surface area contributed by atoms with Gasteiger partial charge in [-0.2, -0.15) is 0 Å². The van der Waals surface area contributed by atoms with Gasteiger partial charge in [-0.15, -0.1) is 0 Å². The summed E-state index contributed by atoms with van der Waals surface area (Å²) in [5, 5.41) is 0. The predicted molar refractivity (Wildman–Crippen MR) is 76.9 cm³/mol. The van der Waals surface area contributed by atoms with Crippen LogP contribution in [-0.4, -0.2) is 67.3 Å². The van der Waals surface area contributed by atoms with Crippen molar-refractivity contribution in [1.82, 2.24) is 9.80 Å². The van der Waals surface area contributed by atoms with Crippen molar-refractivity contribution in [2.45, 2.75) is 45.8 Å². The van der Waals surface area contributed by atoms with Gasteiger partial charge in [0, 0.05) is 45.3 Å². The fraction of sp³-hybridized carbons (Fsp3) is 1.00. The van der Waals surface area contributed by atoms with Crippen LogP contribution in [0.25, 0.3) is 0 Å². The molecular formula is C14H31N3O. The van der Waals surface area contributed by atoms with Crippen molar-refractivity contribution in [2.75, 3.05) is 45.9 Å². The molecular weight excluding hydrogens is 226 g/mol. The monoisotopic (exact) mass is 257 g/mol. The van der Waals surface area contributed by atoms with E-state index in [1.54, 1.807) is 0 Å². The maximum atomic E-state index is 5.80. The molecule has 1 fully saturated rings. The van der Waals surface area contributed by atoms with Crippen molar-refractivity contribution in [1.29, 1.82) is 0 Å². The van der Waals surface area contributed by atoms with E-state index in [4.69, 9.17) is 10.5 Å². The second-order valence-electron chi connectivity index (χ2n) is 6.14. The first-order valence-corrected chi connectivity index (χ1v) is 7.26. The van der Waals surface area contributed by atoms with Gasteiger partial charge in [0.05, 0.1) is 12.2 Å². The van der Waals surface area contributed by atoms with Gasteiger partial charge < -0.3 is 10.5 Å². The first-order valence-electron chi connectivity index (χ1n) is 7.26. The Morgan fingerprint density at radius 3 is 2.22 bits per heavy atom. The molecule has 0 amide bonds. The highest BCUT2D eigenvalue weighted by Crippen LogP contribution is 2.10. The molecule has 1 aliphatic rings. The molecule has 1 saturated heterocycles. The van der Waals surface area contributed by atoms with E-state index >= 15 is 0 Å². The Morgan fingerprint density at radius 2 is 1.78 bits per heavy atom. The maximum absolute atomic E-state index is 5.80. The fourth-order valence-corrected chi connectivity index (χ4v) is 2.41. The van der Waals surface area contributed by atoms with E-state index in [0.29, 0.717) is 6.04 Å². The van der Waals surface area contributed by atoms with Gasteiger partial charge in [0.2, 0.25) is 0 Å². The van der Waals surface area contributed by atoms with Crippen LogP contribution in [0.3, 0.4) is 0 Å². The van der Waals surface area contributed by atoms with Gasteiger partial charge in [0.25, 0.3) is 0 Å². The second-order valence-corrected chi connectivity index (χ2v) is 6.14. The molecule has 0 aliphatic carbocycles. The maximum Gasteiger partial charge on any atom is 0.0600 e. The molecule has 0 bridgehead atoms. The number of ether oxygens (including phenoxy) is 1. The smallest absolute Gasteiger partial charge is 0.0600 e. The van der Waals surface area contributed by atoms with E-state index in [1.165, 1.54) is 0 Å². The fourth-order valence-electron chi connectivity index (χ4n) is 2.41. The average molecular weight is 257 g/mol. The molecule has 1 heterocycles. The summed E-state index contributed by atoms with van der Waals surface area (Å²) >= 11 is 0. The molecule has 1 rings (SSSR count). The summed E-state index contributed by atoms with van der Waals surface area (Å²) in [6.07, 6.45) is 1.16. The molecule has 1 unspecified atom stereocenters. The first kappa shape index (κ1) is 15.9. The van der Waals surface area contributed by atoms with Crippen LogP contribution in [0.1, 0.15) is 34.1 Å². The van der Waals surface area contributed by atoms with Crippen molar-refractivity contribution < 1.29 is 4.74 Å². The minimum Gasteiger partial charge on any atom is -0.375 e. The average Bonchev–Trinajstić information content (AvgIpc) is 2.31. The summed E-state index contributed by atoms with van der Waals surface area (Å²) in [7, 11) is 0. The van der Waals surface area contributed by atoms with Crippen LogP contribution in [0.4, 0.5) is 0 Å². The van der Waals surface area contributed by atoms with Crippen LogP contribution >= 0.6 is 0 Å². The van der Waals surface area contributed by atoms with Crippen molar-refractivity contribution in [3.05, 3.63) is 0 Å². The molecule has 2 N–H and O–H groups in total. The van der Waals surface area contributed by atoms with Crippen LogP contribution in [0.5, 0.6) is 0 Å². The SMILES string of the molecule is CCC(CN)N1CCN(CCOC(C)(C)C)CC1. The molecule has 1 atom stereocenters. The van der Waals surface area contributed by atoms with Gasteiger partial charge in [0.1, 0.15) is 0 Å². The van der Waals surface area contributed by atoms with E-state index < -0.39 is 0 Å². The van der Waals surface area contributed by atoms with Crippen molar-refractivity contribution in [3.8, 4) is 0 Å². The Labute approximate surface area is 112 Å². The van der Waals surface area contributed by atoms with Crippen LogP contribution in [0.15, 0.2) is 0 Å². The number of piperazine rings is 1. The van der Waals surface area contributed by atoms with E-state index in [2.05, 4.69) is 37.5 Å². The predicted octanol–water partition coefficient (Wildman–Crippen LogP) is 1.16. The van der Waals surface area contributed by atoms with Gasteiger partial charge in [-0.05, 0) is 27.2 Å². The summed E-state index contributed by atoms with van der Waals surface area (Å²) in [4.78, 5) is 5.02. The van der Waals surface area contributed by atoms with Crippen molar-refractivity contribution in [3.63, 3.8) is 0 Å². The lowest BCUT2D eigenvalue weighted by Crippen LogP contribution is -2.52. The minimum absolute atomic E-state index is 0.0192. The molecule has 0 radical (unpaired) electrons. The lowest BCUT2D eigenvalue weighted by molar-refractivity contribution is -0.0194. The summed E-state index contributed by atoms with van der Waals surface area (Å²) in [5.41, 5.74) is 5.78. The Morgan fingerprint density at radius 1 is 1.17 bits per heavy atom. The number of nitrogens with zero attached hydrogens (tertiary/aromatic N) is 2. The van der Waals surface area contributed by atoms with Gasteiger partial charge in [0.15, 0.2) is 0 Å².